The van der Waals surface area contributed by atoms with Gasteiger partial charge in [0.05, 0.1) is 0 Å². The first-order valence-corrected chi connectivity index (χ1v) is 3.88. The summed E-state index contributed by atoms with van der Waals surface area (Å²) in [4.78, 5) is 19.9. The van der Waals surface area contributed by atoms with Gasteiger partial charge >= 0.3 is 0 Å². The quantitative estimate of drug-likeness (QED) is 0.458. The van der Waals surface area contributed by atoms with Crippen LogP contribution in [0.1, 0.15) is 25.7 Å². The molecular formula is C6H10N2O4. The van der Waals surface area contributed by atoms with Crippen LogP contribution in [0, 0.1) is 20.2 Å². The van der Waals surface area contributed by atoms with Crippen LogP contribution in [0.4, 0.5) is 0 Å². The lowest BCUT2D eigenvalue weighted by Crippen LogP contribution is -2.32. The summed E-state index contributed by atoms with van der Waals surface area (Å²) in [6, 6.07) is -1.11. The van der Waals surface area contributed by atoms with Crippen LogP contribution in [0.15, 0.2) is 0 Å². The standard InChI is InChI=1S/C6H10N2O4/c9-7(10)5-1-2-6(4-3-5)8(11)12/h5-6H,1-4H2. The Morgan fingerprint density at radius 3 is 1.25 bits per heavy atom. The SMILES string of the molecule is O=[N+]([O-])C1CCC([N+](=O)[O-])CC1. The lowest BCUT2D eigenvalue weighted by molar-refractivity contribution is -0.554. The molecule has 0 amide bonds. The van der Waals surface area contributed by atoms with Crippen LogP contribution in [-0.2, 0) is 0 Å². The van der Waals surface area contributed by atoms with E-state index >= 15 is 0 Å². The monoisotopic (exact) mass is 174 g/mol. The number of rotatable bonds is 2. The van der Waals surface area contributed by atoms with Crippen molar-refractivity contribution < 1.29 is 9.85 Å². The van der Waals surface area contributed by atoms with E-state index < -0.39 is 12.1 Å². The highest BCUT2D eigenvalue weighted by Crippen LogP contribution is 2.22. The molecule has 1 saturated carbocycles. The van der Waals surface area contributed by atoms with E-state index in [1.165, 1.54) is 0 Å². The molecule has 0 aromatic heterocycles. The van der Waals surface area contributed by atoms with Gasteiger partial charge in [-0.05, 0) is 0 Å². The van der Waals surface area contributed by atoms with Gasteiger partial charge in [-0.25, -0.2) is 0 Å². The maximum absolute atomic E-state index is 10.3. The van der Waals surface area contributed by atoms with Crippen LogP contribution in [0.25, 0.3) is 0 Å². The smallest absolute Gasteiger partial charge is 0.213 e. The highest BCUT2D eigenvalue weighted by Gasteiger charge is 2.33. The lowest BCUT2D eigenvalue weighted by atomic mass is 9.92. The summed E-state index contributed by atoms with van der Waals surface area (Å²) in [6.45, 7) is 0. The van der Waals surface area contributed by atoms with Crippen molar-refractivity contribution >= 4 is 0 Å². The second kappa shape index (κ2) is 3.46. The summed E-state index contributed by atoms with van der Waals surface area (Å²) < 4.78 is 0. The number of hydrogen-bond acceptors (Lipinski definition) is 4. The van der Waals surface area contributed by atoms with E-state index in [1.54, 1.807) is 0 Å². The molecule has 0 bridgehead atoms. The Bertz CT molecular complexity index is 176. The molecule has 0 radical (unpaired) electrons. The maximum Gasteiger partial charge on any atom is 0.213 e. The van der Waals surface area contributed by atoms with Crippen molar-refractivity contribution in [1.82, 2.24) is 0 Å². The zero-order chi connectivity index (χ0) is 9.14. The van der Waals surface area contributed by atoms with Gasteiger partial charge in [-0.2, -0.15) is 0 Å². The molecule has 0 spiro atoms. The van der Waals surface area contributed by atoms with E-state index in [4.69, 9.17) is 0 Å². The van der Waals surface area contributed by atoms with Crippen LogP contribution in [-0.4, -0.2) is 21.9 Å². The summed E-state index contributed by atoms with van der Waals surface area (Å²) in [5.41, 5.74) is 0. The number of nitro groups is 2. The van der Waals surface area contributed by atoms with E-state index in [-0.39, 0.29) is 9.85 Å². The van der Waals surface area contributed by atoms with Crippen molar-refractivity contribution in [3.05, 3.63) is 20.2 Å². The van der Waals surface area contributed by atoms with Crippen molar-refractivity contribution in [2.24, 2.45) is 0 Å². The van der Waals surface area contributed by atoms with Gasteiger partial charge in [0.25, 0.3) is 0 Å². The first-order chi connectivity index (χ1) is 5.61. The minimum absolute atomic E-state index is 0.337. The largest absolute Gasteiger partial charge is 0.264 e. The summed E-state index contributed by atoms with van der Waals surface area (Å²) in [5.74, 6) is 0. The molecule has 0 saturated heterocycles. The minimum Gasteiger partial charge on any atom is -0.264 e. The normalized spacial score (nSPS) is 29.7. The molecule has 0 aromatic rings. The molecule has 0 aromatic carbocycles. The Hall–Kier alpha value is -1.20. The fourth-order valence-electron chi connectivity index (χ4n) is 1.48. The molecule has 6 heteroatoms. The molecule has 1 aliphatic rings. The van der Waals surface area contributed by atoms with Crippen LogP contribution in [0.3, 0.4) is 0 Å². The Balaban J connectivity index is 2.39. The fourth-order valence-corrected chi connectivity index (χ4v) is 1.48. The van der Waals surface area contributed by atoms with Gasteiger partial charge in [0, 0.05) is 35.5 Å². The van der Waals surface area contributed by atoms with Crippen molar-refractivity contribution in [1.29, 1.82) is 0 Å². The van der Waals surface area contributed by atoms with Crippen molar-refractivity contribution in [2.45, 2.75) is 37.8 Å². The predicted molar refractivity (Wildman–Crippen MR) is 40.0 cm³/mol. The summed E-state index contributed by atoms with van der Waals surface area (Å²) in [6.07, 6.45) is 1.38. The molecule has 6 nitrogen and oxygen atoms in total. The van der Waals surface area contributed by atoms with E-state index in [1.807, 2.05) is 0 Å². The van der Waals surface area contributed by atoms with E-state index in [0.29, 0.717) is 25.7 Å². The molecule has 12 heavy (non-hydrogen) atoms. The third kappa shape index (κ3) is 1.90. The Kier molecular flexibility index (Phi) is 2.57. The lowest BCUT2D eigenvalue weighted by Gasteiger charge is -2.17. The molecule has 1 fully saturated rings. The molecule has 1 aliphatic carbocycles. The van der Waals surface area contributed by atoms with Gasteiger partial charge in [-0.3, -0.25) is 20.2 Å². The van der Waals surface area contributed by atoms with Gasteiger partial charge in [-0.1, -0.05) is 0 Å². The highest BCUT2D eigenvalue weighted by molar-refractivity contribution is 4.71. The van der Waals surface area contributed by atoms with Crippen LogP contribution in [0.2, 0.25) is 0 Å². The molecule has 1 rings (SSSR count). The van der Waals surface area contributed by atoms with Crippen molar-refractivity contribution in [3.8, 4) is 0 Å². The maximum atomic E-state index is 10.3. The molecule has 0 unspecified atom stereocenters. The van der Waals surface area contributed by atoms with Gasteiger partial charge in [-0.15, -0.1) is 0 Å². The average molecular weight is 174 g/mol. The molecule has 0 atom stereocenters. The second-order valence-corrected chi connectivity index (χ2v) is 3.03. The fraction of sp³-hybridized carbons (Fsp3) is 1.00. The molecule has 0 heterocycles. The van der Waals surface area contributed by atoms with E-state index in [9.17, 15) is 20.2 Å². The minimum atomic E-state index is -0.554. The van der Waals surface area contributed by atoms with Gasteiger partial charge in [0.1, 0.15) is 0 Å². The summed E-state index contributed by atoms with van der Waals surface area (Å²) in [7, 11) is 0. The number of hydrogen-bond donors (Lipinski definition) is 0. The van der Waals surface area contributed by atoms with Crippen LogP contribution in [0.5, 0.6) is 0 Å². The first kappa shape index (κ1) is 8.89. The molecule has 0 aliphatic heterocycles. The van der Waals surface area contributed by atoms with Gasteiger partial charge in [0.15, 0.2) is 0 Å². The topological polar surface area (TPSA) is 86.3 Å². The Morgan fingerprint density at radius 1 is 0.833 bits per heavy atom. The van der Waals surface area contributed by atoms with Crippen molar-refractivity contribution in [3.63, 3.8) is 0 Å². The average Bonchev–Trinajstić information content (AvgIpc) is 2.04. The summed E-state index contributed by atoms with van der Waals surface area (Å²) in [5, 5.41) is 20.5. The van der Waals surface area contributed by atoms with Gasteiger partial charge in [0.2, 0.25) is 12.1 Å². The van der Waals surface area contributed by atoms with Crippen molar-refractivity contribution in [2.75, 3.05) is 0 Å². The van der Waals surface area contributed by atoms with Crippen LogP contribution >= 0.6 is 0 Å². The Labute approximate surface area is 68.9 Å². The first-order valence-electron chi connectivity index (χ1n) is 3.88. The zero-order valence-corrected chi connectivity index (χ0v) is 6.51. The Morgan fingerprint density at radius 2 is 1.08 bits per heavy atom. The zero-order valence-electron chi connectivity index (χ0n) is 6.51. The summed E-state index contributed by atoms with van der Waals surface area (Å²) >= 11 is 0. The van der Waals surface area contributed by atoms with E-state index in [2.05, 4.69) is 0 Å². The van der Waals surface area contributed by atoms with Gasteiger partial charge < -0.3 is 0 Å². The molecular weight excluding hydrogens is 164 g/mol. The third-order valence-electron chi connectivity index (χ3n) is 2.26. The van der Waals surface area contributed by atoms with E-state index in [0.717, 1.165) is 0 Å². The third-order valence-corrected chi connectivity index (χ3v) is 2.26. The predicted octanol–water partition coefficient (Wildman–Crippen LogP) is 0.851. The second-order valence-electron chi connectivity index (χ2n) is 3.03. The molecule has 0 N–H and O–H groups in total. The van der Waals surface area contributed by atoms with Crippen LogP contribution < -0.4 is 0 Å². The highest BCUT2D eigenvalue weighted by atomic mass is 16.6. The molecule has 68 valence electrons. The number of nitrogens with zero attached hydrogens (tertiary/aromatic N) is 2.